The Balaban J connectivity index is 1.54. The van der Waals surface area contributed by atoms with Gasteiger partial charge in [0.15, 0.2) is 0 Å². The smallest absolute Gasteiger partial charge is 0.253 e. The van der Waals surface area contributed by atoms with Gasteiger partial charge in [-0.1, -0.05) is 12.1 Å². The maximum absolute atomic E-state index is 13.0. The highest BCUT2D eigenvalue weighted by molar-refractivity contribution is 5.94. The van der Waals surface area contributed by atoms with Crippen LogP contribution in [0.3, 0.4) is 0 Å². The van der Waals surface area contributed by atoms with Crippen LogP contribution in [0.15, 0.2) is 30.3 Å². The summed E-state index contributed by atoms with van der Waals surface area (Å²) >= 11 is 0. The molecule has 1 N–H and O–H groups in total. The molecule has 0 spiro atoms. The number of nitrogens with zero attached hydrogens (tertiary/aromatic N) is 3. The van der Waals surface area contributed by atoms with E-state index in [0.29, 0.717) is 51.2 Å². The van der Waals surface area contributed by atoms with E-state index in [1.165, 1.54) is 0 Å². The van der Waals surface area contributed by atoms with Crippen LogP contribution in [0, 0.1) is 19.8 Å². The van der Waals surface area contributed by atoms with Crippen LogP contribution < -0.4 is 5.32 Å². The molecule has 2 heterocycles. The fourth-order valence-electron chi connectivity index (χ4n) is 3.91. The van der Waals surface area contributed by atoms with Crippen molar-refractivity contribution < 1.29 is 14.3 Å². The van der Waals surface area contributed by atoms with Gasteiger partial charge in [-0.05, 0) is 56.9 Å². The summed E-state index contributed by atoms with van der Waals surface area (Å²) in [5, 5.41) is 7.47. The number of carbonyl (C=O) groups is 2. The molecule has 2 aromatic rings. The van der Waals surface area contributed by atoms with E-state index >= 15 is 0 Å². The molecule has 1 aromatic heterocycles. The van der Waals surface area contributed by atoms with Gasteiger partial charge in [0.25, 0.3) is 5.91 Å². The van der Waals surface area contributed by atoms with Crippen LogP contribution in [-0.2, 0) is 16.1 Å². The summed E-state index contributed by atoms with van der Waals surface area (Å²) in [7, 11) is 1.66. The third-order valence-corrected chi connectivity index (χ3v) is 5.59. The number of likely N-dealkylation sites (tertiary alicyclic amines) is 1. The maximum atomic E-state index is 13.0. The number of rotatable bonds is 8. The number of piperidine rings is 1. The highest BCUT2D eigenvalue weighted by Crippen LogP contribution is 2.20. The molecule has 7 nitrogen and oxygen atoms in total. The lowest BCUT2D eigenvalue weighted by molar-refractivity contribution is -0.126. The summed E-state index contributed by atoms with van der Waals surface area (Å²) in [6.07, 6.45) is 2.22. The Morgan fingerprint density at radius 1 is 1.20 bits per heavy atom. The van der Waals surface area contributed by atoms with Crippen molar-refractivity contribution in [3.05, 3.63) is 52.8 Å². The molecule has 1 aromatic carbocycles. The lowest BCUT2D eigenvalue weighted by Gasteiger charge is -2.31. The summed E-state index contributed by atoms with van der Waals surface area (Å²) < 4.78 is 6.95. The van der Waals surface area contributed by atoms with Gasteiger partial charge in [0, 0.05) is 50.5 Å². The van der Waals surface area contributed by atoms with Crippen LogP contribution in [-0.4, -0.2) is 59.8 Å². The molecule has 1 saturated heterocycles. The Labute approximate surface area is 178 Å². The Bertz CT molecular complexity index is 869. The predicted molar refractivity (Wildman–Crippen MR) is 115 cm³/mol. The SMILES string of the molecule is COCCCNC(=O)C1CCN(C(=O)c2cccc(Cn3nc(C)cc3C)c2)CC1. The van der Waals surface area contributed by atoms with Crippen molar-refractivity contribution in [2.45, 2.75) is 39.7 Å². The first-order valence-electron chi connectivity index (χ1n) is 10.6. The minimum absolute atomic E-state index is 0.0195. The molecule has 0 unspecified atom stereocenters. The van der Waals surface area contributed by atoms with Gasteiger partial charge in [-0.15, -0.1) is 0 Å². The number of benzene rings is 1. The number of aryl methyl sites for hydroxylation is 2. The molecule has 3 rings (SSSR count). The second-order valence-electron chi connectivity index (χ2n) is 7.99. The van der Waals surface area contributed by atoms with E-state index in [4.69, 9.17) is 4.74 Å². The summed E-state index contributed by atoms with van der Waals surface area (Å²) in [5.74, 6) is 0.100. The van der Waals surface area contributed by atoms with E-state index in [2.05, 4.69) is 10.4 Å². The zero-order chi connectivity index (χ0) is 21.5. The number of nitrogens with one attached hydrogen (secondary N) is 1. The van der Waals surface area contributed by atoms with Crippen molar-refractivity contribution in [1.29, 1.82) is 0 Å². The van der Waals surface area contributed by atoms with Gasteiger partial charge in [-0.2, -0.15) is 5.10 Å². The monoisotopic (exact) mass is 412 g/mol. The zero-order valence-corrected chi connectivity index (χ0v) is 18.2. The largest absolute Gasteiger partial charge is 0.385 e. The number of hydrogen-bond donors (Lipinski definition) is 1. The first kappa shape index (κ1) is 22.0. The van der Waals surface area contributed by atoms with Gasteiger partial charge in [-0.25, -0.2) is 0 Å². The maximum Gasteiger partial charge on any atom is 0.253 e. The Morgan fingerprint density at radius 3 is 2.63 bits per heavy atom. The second kappa shape index (κ2) is 10.4. The Kier molecular flexibility index (Phi) is 7.63. The van der Waals surface area contributed by atoms with E-state index < -0.39 is 0 Å². The average molecular weight is 413 g/mol. The minimum atomic E-state index is -0.0195. The number of hydrogen-bond acceptors (Lipinski definition) is 4. The molecule has 1 fully saturated rings. The van der Waals surface area contributed by atoms with E-state index in [0.717, 1.165) is 23.4 Å². The molecule has 162 valence electrons. The lowest BCUT2D eigenvalue weighted by atomic mass is 9.95. The van der Waals surface area contributed by atoms with Crippen LogP contribution in [0.25, 0.3) is 0 Å². The number of ether oxygens (including phenoxy) is 1. The molecule has 0 bridgehead atoms. The highest BCUT2D eigenvalue weighted by Gasteiger charge is 2.27. The summed E-state index contributed by atoms with van der Waals surface area (Å²) in [6, 6.07) is 9.81. The number of aromatic nitrogens is 2. The molecule has 7 heteroatoms. The molecule has 1 aliphatic heterocycles. The first-order valence-corrected chi connectivity index (χ1v) is 10.6. The molecule has 0 aliphatic carbocycles. The normalized spacial score (nSPS) is 14.7. The Morgan fingerprint density at radius 2 is 1.97 bits per heavy atom. The van der Waals surface area contributed by atoms with Crippen molar-refractivity contribution >= 4 is 11.8 Å². The number of methoxy groups -OCH3 is 1. The highest BCUT2D eigenvalue weighted by atomic mass is 16.5. The molecule has 0 atom stereocenters. The second-order valence-corrected chi connectivity index (χ2v) is 7.99. The van der Waals surface area contributed by atoms with Crippen LogP contribution >= 0.6 is 0 Å². The van der Waals surface area contributed by atoms with Crippen molar-refractivity contribution in [2.24, 2.45) is 5.92 Å². The topological polar surface area (TPSA) is 76.5 Å². The van der Waals surface area contributed by atoms with Gasteiger partial charge in [0.1, 0.15) is 0 Å². The number of carbonyl (C=O) groups excluding carboxylic acids is 2. The molecular weight excluding hydrogens is 380 g/mol. The van der Waals surface area contributed by atoms with Crippen molar-refractivity contribution in [2.75, 3.05) is 33.4 Å². The van der Waals surface area contributed by atoms with E-state index in [1.807, 2.05) is 53.8 Å². The van der Waals surface area contributed by atoms with E-state index in [9.17, 15) is 9.59 Å². The van der Waals surface area contributed by atoms with Crippen molar-refractivity contribution in [3.8, 4) is 0 Å². The van der Waals surface area contributed by atoms with Crippen LogP contribution in [0.2, 0.25) is 0 Å². The Hall–Kier alpha value is -2.67. The van der Waals surface area contributed by atoms with Crippen LogP contribution in [0.5, 0.6) is 0 Å². The molecule has 0 radical (unpaired) electrons. The van der Waals surface area contributed by atoms with E-state index in [1.54, 1.807) is 7.11 Å². The van der Waals surface area contributed by atoms with Gasteiger partial charge in [-0.3, -0.25) is 14.3 Å². The van der Waals surface area contributed by atoms with Crippen molar-refractivity contribution in [1.82, 2.24) is 20.0 Å². The minimum Gasteiger partial charge on any atom is -0.385 e. The summed E-state index contributed by atoms with van der Waals surface area (Å²) in [6.45, 7) is 7.15. The molecule has 2 amide bonds. The summed E-state index contributed by atoms with van der Waals surface area (Å²) in [5.41, 5.74) is 3.84. The van der Waals surface area contributed by atoms with Gasteiger partial charge >= 0.3 is 0 Å². The lowest BCUT2D eigenvalue weighted by Crippen LogP contribution is -2.43. The number of amides is 2. The van der Waals surface area contributed by atoms with Gasteiger partial charge in [0.2, 0.25) is 5.91 Å². The average Bonchev–Trinajstić information content (AvgIpc) is 3.07. The quantitative estimate of drug-likeness (QED) is 0.676. The standard InChI is InChI=1S/C23H32N4O3/c1-17-14-18(2)27(25-17)16-19-6-4-7-21(15-19)23(29)26-11-8-20(9-12-26)22(28)24-10-5-13-30-3/h4,6-7,14-15,20H,5,8-13,16H2,1-3H3,(H,24,28). The summed E-state index contributed by atoms with van der Waals surface area (Å²) in [4.78, 5) is 27.1. The third-order valence-electron chi connectivity index (χ3n) is 5.59. The van der Waals surface area contributed by atoms with Crippen molar-refractivity contribution in [3.63, 3.8) is 0 Å². The molecule has 0 saturated carbocycles. The molecule has 1 aliphatic rings. The third kappa shape index (κ3) is 5.69. The zero-order valence-electron chi connectivity index (χ0n) is 18.2. The molecule has 30 heavy (non-hydrogen) atoms. The van der Waals surface area contributed by atoms with E-state index in [-0.39, 0.29) is 17.7 Å². The van der Waals surface area contributed by atoms with Crippen LogP contribution in [0.1, 0.15) is 46.6 Å². The fraction of sp³-hybridized carbons (Fsp3) is 0.522. The first-order chi connectivity index (χ1) is 14.5. The fourth-order valence-corrected chi connectivity index (χ4v) is 3.91. The predicted octanol–water partition coefficient (Wildman–Crippen LogP) is 2.55. The van der Waals surface area contributed by atoms with Crippen LogP contribution in [0.4, 0.5) is 0 Å². The van der Waals surface area contributed by atoms with Gasteiger partial charge in [0.05, 0.1) is 12.2 Å². The molecular formula is C23H32N4O3. The van der Waals surface area contributed by atoms with Gasteiger partial charge < -0.3 is 15.0 Å².